The van der Waals surface area contributed by atoms with Crippen molar-refractivity contribution >= 4 is 18.0 Å². The van der Waals surface area contributed by atoms with Gasteiger partial charge in [-0.05, 0) is 37.5 Å². The summed E-state index contributed by atoms with van der Waals surface area (Å²) in [7, 11) is 0. The molecule has 0 aliphatic carbocycles. The Hall–Kier alpha value is -2.08. The monoisotopic (exact) mass is 361 g/mol. The first-order valence-electron chi connectivity index (χ1n) is 9.48. The van der Waals surface area contributed by atoms with Crippen LogP contribution in [0.25, 0.3) is 0 Å². The summed E-state index contributed by atoms with van der Waals surface area (Å²) in [6, 6.07) is 6.45. The lowest BCUT2D eigenvalue weighted by molar-refractivity contribution is -0.157. The first-order chi connectivity index (χ1) is 12.5. The zero-order valence-corrected chi connectivity index (χ0v) is 16.1. The van der Waals surface area contributed by atoms with E-state index in [9.17, 15) is 14.8 Å². The van der Waals surface area contributed by atoms with Gasteiger partial charge in [-0.3, -0.25) is 14.8 Å². The van der Waals surface area contributed by atoms with Crippen molar-refractivity contribution in [2.45, 2.75) is 40.0 Å². The van der Waals surface area contributed by atoms with Gasteiger partial charge in [-0.2, -0.15) is 0 Å². The minimum atomic E-state index is -0.336. The number of aryl methyl sites for hydroxylation is 2. The molecular formula is C20H31N3O3. The van der Waals surface area contributed by atoms with Crippen LogP contribution < -0.4 is 4.90 Å². The topological polar surface area (TPSA) is 64.1 Å². The van der Waals surface area contributed by atoms with E-state index in [1.807, 2.05) is 4.90 Å². The van der Waals surface area contributed by atoms with Crippen molar-refractivity contribution in [3.8, 4) is 0 Å². The summed E-state index contributed by atoms with van der Waals surface area (Å²) in [5, 5.41) is 10.1. The SMILES string of the molecule is CCCCC(CN(O)C=O)C(=O)N1CCN(c2cc(C)ccc2C)CC1. The highest BCUT2D eigenvalue weighted by molar-refractivity contribution is 5.79. The number of hydroxylamine groups is 2. The van der Waals surface area contributed by atoms with Gasteiger partial charge in [0.2, 0.25) is 12.3 Å². The number of benzene rings is 1. The first kappa shape index (κ1) is 20.2. The van der Waals surface area contributed by atoms with Gasteiger partial charge < -0.3 is 9.80 Å². The van der Waals surface area contributed by atoms with E-state index in [2.05, 4.69) is 43.9 Å². The average Bonchev–Trinajstić information content (AvgIpc) is 2.66. The van der Waals surface area contributed by atoms with Crippen LogP contribution in [0, 0.1) is 19.8 Å². The summed E-state index contributed by atoms with van der Waals surface area (Å²) < 4.78 is 0. The molecule has 1 aliphatic heterocycles. The van der Waals surface area contributed by atoms with Crippen LogP contribution in [0.4, 0.5) is 5.69 Å². The van der Waals surface area contributed by atoms with E-state index in [0.29, 0.717) is 31.0 Å². The first-order valence-corrected chi connectivity index (χ1v) is 9.48. The molecule has 1 aliphatic rings. The molecule has 1 saturated heterocycles. The lowest BCUT2D eigenvalue weighted by atomic mass is 9.99. The molecule has 1 atom stereocenters. The van der Waals surface area contributed by atoms with Crippen molar-refractivity contribution in [3.63, 3.8) is 0 Å². The van der Waals surface area contributed by atoms with E-state index in [1.54, 1.807) is 0 Å². The average molecular weight is 361 g/mol. The number of carbonyl (C=O) groups is 2. The maximum Gasteiger partial charge on any atom is 0.233 e. The van der Waals surface area contributed by atoms with E-state index >= 15 is 0 Å². The Morgan fingerprint density at radius 3 is 2.58 bits per heavy atom. The molecule has 0 saturated carbocycles. The highest BCUT2D eigenvalue weighted by Gasteiger charge is 2.28. The highest BCUT2D eigenvalue weighted by Crippen LogP contribution is 2.23. The van der Waals surface area contributed by atoms with Crippen LogP contribution in [0.5, 0.6) is 0 Å². The second kappa shape index (κ2) is 9.57. The molecule has 1 unspecified atom stereocenters. The molecule has 1 aromatic rings. The number of hydrogen-bond donors (Lipinski definition) is 1. The number of amides is 2. The standard InChI is InChI=1S/C20H31N3O3/c1-4-5-6-18(14-23(26)15-24)20(25)22-11-9-21(10-12-22)19-13-16(2)7-8-17(19)3/h7-8,13,15,18,26H,4-6,9-12,14H2,1-3H3. The van der Waals surface area contributed by atoms with E-state index in [-0.39, 0.29) is 18.4 Å². The summed E-state index contributed by atoms with van der Waals surface area (Å²) >= 11 is 0. The highest BCUT2D eigenvalue weighted by atomic mass is 16.5. The summed E-state index contributed by atoms with van der Waals surface area (Å²) in [5.74, 6) is -0.294. The molecule has 6 heteroatoms. The van der Waals surface area contributed by atoms with E-state index in [4.69, 9.17) is 0 Å². The van der Waals surface area contributed by atoms with Crippen LogP contribution in [-0.4, -0.2) is 60.2 Å². The molecule has 0 spiro atoms. The lowest BCUT2D eigenvalue weighted by Gasteiger charge is -2.38. The molecule has 6 nitrogen and oxygen atoms in total. The van der Waals surface area contributed by atoms with Crippen molar-refractivity contribution in [1.29, 1.82) is 0 Å². The molecule has 1 aromatic carbocycles. The number of carbonyl (C=O) groups excluding carboxylic acids is 2. The van der Waals surface area contributed by atoms with Gasteiger partial charge in [-0.1, -0.05) is 31.9 Å². The van der Waals surface area contributed by atoms with E-state index in [1.165, 1.54) is 16.8 Å². The largest absolute Gasteiger partial charge is 0.368 e. The number of unbranched alkanes of at least 4 members (excludes halogenated alkanes) is 1. The van der Waals surface area contributed by atoms with Crippen LogP contribution in [-0.2, 0) is 9.59 Å². The second-order valence-electron chi connectivity index (χ2n) is 7.17. The molecule has 144 valence electrons. The third-order valence-corrected chi connectivity index (χ3v) is 5.08. The summed E-state index contributed by atoms with van der Waals surface area (Å²) in [4.78, 5) is 27.8. The Morgan fingerprint density at radius 1 is 1.27 bits per heavy atom. The Labute approximate surface area is 156 Å². The fourth-order valence-electron chi connectivity index (χ4n) is 3.50. The van der Waals surface area contributed by atoms with Crippen LogP contribution in [0.3, 0.4) is 0 Å². The maximum atomic E-state index is 12.9. The molecule has 0 radical (unpaired) electrons. The summed E-state index contributed by atoms with van der Waals surface area (Å²) in [6.07, 6.45) is 2.95. The third-order valence-electron chi connectivity index (χ3n) is 5.08. The fraction of sp³-hybridized carbons (Fsp3) is 0.600. The fourth-order valence-corrected chi connectivity index (χ4v) is 3.50. The van der Waals surface area contributed by atoms with Crippen molar-refractivity contribution in [1.82, 2.24) is 9.96 Å². The van der Waals surface area contributed by atoms with Crippen LogP contribution in [0.2, 0.25) is 0 Å². The Bertz CT molecular complexity index is 612. The summed E-state index contributed by atoms with van der Waals surface area (Å²) in [6.45, 7) is 9.28. The molecule has 0 bridgehead atoms. The van der Waals surface area contributed by atoms with Crippen LogP contribution in [0.1, 0.15) is 37.3 Å². The van der Waals surface area contributed by atoms with Crippen molar-refractivity contribution < 1.29 is 14.8 Å². The molecule has 1 fully saturated rings. The van der Waals surface area contributed by atoms with Gasteiger partial charge in [0.1, 0.15) is 0 Å². The number of anilines is 1. The number of hydrogen-bond acceptors (Lipinski definition) is 4. The van der Waals surface area contributed by atoms with Gasteiger partial charge in [0, 0.05) is 31.9 Å². The predicted octanol–water partition coefficient (Wildman–Crippen LogP) is 2.61. The zero-order chi connectivity index (χ0) is 19.1. The molecule has 2 amide bonds. The quantitative estimate of drug-likeness (QED) is 0.439. The molecule has 26 heavy (non-hydrogen) atoms. The van der Waals surface area contributed by atoms with Crippen molar-refractivity contribution in [2.24, 2.45) is 5.92 Å². The van der Waals surface area contributed by atoms with Gasteiger partial charge in [0.05, 0.1) is 12.5 Å². The smallest absolute Gasteiger partial charge is 0.233 e. The van der Waals surface area contributed by atoms with Gasteiger partial charge in [-0.15, -0.1) is 0 Å². The molecule has 0 aromatic heterocycles. The molecule has 1 heterocycles. The summed E-state index contributed by atoms with van der Waals surface area (Å²) in [5.41, 5.74) is 3.72. The van der Waals surface area contributed by atoms with E-state index in [0.717, 1.165) is 25.9 Å². The van der Waals surface area contributed by atoms with Crippen molar-refractivity contribution in [3.05, 3.63) is 29.3 Å². The van der Waals surface area contributed by atoms with Crippen LogP contribution in [0.15, 0.2) is 18.2 Å². The van der Waals surface area contributed by atoms with Gasteiger partial charge >= 0.3 is 0 Å². The normalized spacial score (nSPS) is 15.7. The second-order valence-corrected chi connectivity index (χ2v) is 7.17. The minimum absolute atomic E-state index is 0.0416. The van der Waals surface area contributed by atoms with Gasteiger partial charge in [-0.25, -0.2) is 5.06 Å². The minimum Gasteiger partial charge on any atom is -0.368 e. The van der Waals surface area contributed by atoms with Crippen LogP contribution >= 0.6 is 0 Å². The molecule has 2 rings (SSSR count). The van der Waals surface area contributed by atoms with Gasteiger partial charge in [0.25, 0.3) is 0 Å². The van der Waals surface area contributed by atoms with E-state index < -0.39 is 0 Å². The number of piperazine rings is 1. The lowest BCUT2D eigenvalue weighted by Crippen LogP contribution is -2.51. The Kier molecular flexibility index (Phi) is 7.45. The Morgan fingerprint density at radius 2 is 1.96 bits per heavy atom. The molecular weight excluding hydrogens is 330 g/mol. The Balaban J connectivity index is 1.98. The predicted molar refractivity (Wildman–Crippen MR) is 102 cm³/mol. The molecule has 1 N–H and O–H groups in total. The number of nitrogens with zero attached hydrogens (tertiary/aromatic N) is 3. The zero-order valence-electron chi connectivity index (χ0n) is 16.1. The van der Waals surface area contributed by atoms with Gasteiger partial charge in [0.15, 0.2) is 0 Å². The third kappa shape index (κ3) is 5.21. The maximum absolute atomic E-state index is 12.9. The van der Waals surface area contributed by atoms with Crippen molar-refractivity contribution in [2.75, 3.05) is 37.6 Å². The number of rotatable bonds is 8.